The van der Waals surface area contributed by atoms with Crippen molar-refractivity contribution in [3.05, 3.63) is 41.7 Å². The number of benzene rings is 1. The van der Waals surface area contributed by atoms with Gasteiger partial charge in [0.2, 0.25) is 0 Å². The zero-order valence-corrected chi connectivity index (χ0v) is 16.5. The van der Waals surface area contributed by atoms with E-state index < -0.39 is 0 Å². The molecule has 144 valence electrons. The summed E-state index contributed by atoms with van der Waals surface area (Å²) in [6.07, 6.45) is 5.92. The van der Waals surface area contributed by atoms with E-state index in [0.717, 1.165) is 53.7 Å². The highest BCUT2D eigenvalue weighted by Gasteiger charge is 2.19. The van der Waals surface area contributed by atoms with Gasteiger partial charge in [0, 0.05) is 29.7 Å². The summed E-state index contributed by atoms with van der Waals surface area (Å²) in [5, 5.41) is 5.04. The van der Waals surface area contributed by atoms with Crippen molar-refractivity contribution in [2.24, 2.45) is 13.0 Å². The number of nitrogens with one attached hydrogen (secondary N) is 2. The second-order valence-corrected chi connectivity index (χ2v) is 7.80. The number of nitrogens with zero attached hydrogens (tertiary/aromatic N) is 3. The average molecular weight is 396 g/mol. The molecule has 1 aliphatic heterocycles. The highest BCUT2D eigenvalue weighted by molar-refractivity contribution is 6.32. The molecule has 0 radical (unpaired) electrons. The van der Waals surface area contributed by atoms with Crippen molar-refractivity contribution < 1.29 is 4.74 Å². The second-order valence-electron chi connectivity index (χ2n) is 7.39. The lowest BCUT2D eigenvalue weighted by Crippen LogP contribution is -2.30. The van der Waals surface area contributed by atoms with Gasteiger partial charge >= 0.3 is 0 Å². The van der Waals surface area contributed by atoms with Crippen LogP contribution in [0.3, 0.4) is 0 Å². The van der Waals surface area contributed by atoms with Crippen LogP contribution in [0.1, 0.15) is 12.8 Å². The smallest absolute Gasteiger partial charge is 0.182 e. The van der Waals surface area contributed by atoms with E-state index in [9.17, 15) is 0 Å². The van der Waals surface area contributed by atoms with E-state index in [1.807, 2.05) is 13.1 Å². The third-order valence-electron chi connectivity index (χ3n) is 5.53. The summed E-state index contributed by atoms with van der Waals surface area (Å²) >= 11 is 6.42. The molecule has 0 saturated carbocycles. The molecule has 3 aromatic heterocycles. The number of aromatic nitrogens is 4. The van der Waals surface area contributed by atoms with Crippen LogP contribution in [-0.2, 0) is 7.05 Å². The molecular formula is C21H22ClN5O. The van der Waals surface area contributed by atoms with Crippen molar-refractivity contribution in [1.29, 1.82) is 0 Å². The molecule has 6 nitrogen and oxygen atoms in total. The van der Waals surface area contributed by atoms with Crippen LogP contribution < -0.4 is 10.1 Å². The molecule has 1 aliphatic rings. The third-order valence-corrected chi connectivity index (χ3v) is 5.80. The Morgan fingerprint density at radius 1 is 1.25 bits per heavy atom. The van der Waals surface area contributed by atoms with Crippen LogP contribution in [-0.4, -0.2) is 39.2 Å². The Balaban J connectivity index is 1.53. The fourth-order valence-corrected chi connectivity index (χ4v) is 4.14. The summed E-state index contributed by atoms with van der Waals surface area (Å²) in [5.74, 6) is 1.96. The van der Waals surface area contributed by atoms with Gasteiger partial charge in [-0.05, 0) is 44.0 Å². The number of hydrogen-bond donors (Lipinski definition) is 2. The van der Waals surface area contributed by atoms with Gasteiger partial charge in [-0.25, -0.2) is 9.97 Å². The van der Waals surface area contributed by atoms with Crippen LogP contribution in [0.4, 0.5) is 0 Å². The molecule has 7 heteroatoms. The van der Waals surface area contributed by atoms with Gasteiger partial charge in [0.25, 0.3) is 0 Å². The predicted molar refractivity (Wildman–Crippen MR) is 112 cm³/mol. The van der Waals surface area contributed by atoms with E-state index in [4.69, 9.17) is 21.3 Å². The number of imidazole rings is 1. The Labute approximate surface area is 167 Å². The number of pyridine rings is 1. The monoisotopic (exact) mass is 395 g/mol. The normalized spacial score (nSPS) is 15.5. The predicted octanol–water partition coefficient (Wildman–Crippen LogP) is 4.15. The first-order valence-electron chi connectivity index (χ1n) is 9.63. The van der Waals surface area contributed by atoms with Gasteiger partial charge < -0.3 is 19.6 Å². The summed E-state index contributed by atoms with van der Waals surface area (Å²) < 4.78 is 8.26. The first-order chi connectivity index (χ1) is 13.7. The number of hydrogen-bond acceptors (Lipinski definition) is 4. The topological polar surface area (TPSA) is 67.8 Å². The molecule has 0 aliphatic carbocycles. The van der Waals surface area contributed by atoms with Gasteiger partial charge in [-0.2, -0.15) is 0 Å². The zero-order chi connectivity index (χ0) is 19.1. The molecule has 4 aromatic rings. The molecule has 28 heavy (non-hydrogen) atoms. The third kappa shape index (κ3) is 3.02. The van der Waals surface area contributed by atoms with Crippen LogP contribution in [0.15, 0.2) is 36.7 Å². The Kier molecular flexibility index (Phi) is 4.45. The van der Waals surface area contributed by atoms with Gasteiger partial charge in [0.1, 0.15) is 16.4 Å². The highest BCUT2D eigenvalue weighted by atomic mass is 35.5. The number of aryl methyl sites for hydroxylation is 1. The Morgan fingerprint density at radius 3 is 2.96 bits per heavy atom. The lowest BCUT2D eigenvalue weighted by molar-refractivity contribution is 0.217. The molecule has 1 fully saturated rings. The minimum Gasteiger partial charge on any atom is -0.489 e. The van der Waals surface area contributed by atoms with E-state index in [2.05, 4.69) is 44.2 Å². The molecule has 0 spiro atoms. The molecule has 0 bridgehead atoms. The number of H-pyrrole nitrogens is 1. The van der Waals surface area contributed by atoms with Crippen molar-refractivity contribution in [3.8, 4) is 17.1 Å². The summed E-state index contributed by atoms with van der Waals surface area (Å²) in [6.45, 7) is 2.74. The highest BCUT2D eigenvalue weighted by Crippen LogP contribution is 2.35. The minimum atomic E-state index is 0.509. The minimum absolute atomic E-state index is 0.509. The molecule has 1 aromatic carbocycles. The fraction of sp³-hybridized carbons (Fsp3) is 0.333. The molecule has 2 N–H and O–H groups in total. The molecule has 1 saturated heterocycles. The first kappa shape index (κ1) is 17.5. The van der Waals surface area contributed by atoms with Gasteiger partial charge in [-0.3, -0.25) is 0 Å². The summed E-state index contributed by atoms with van der Waals surface area (Å²) in [7, 11) is 2.04. The molecule has 0 unspecified atom stereocenters. The van der Waals surface area contributed by atoms with E-state index >= 15 is 0 Å². The number of ether oxygens (including phenoxy) is 1. The standard InChI is InChI=1S/C21H22ClN5O/c1-27-10-7-14-15(3-2-4-17(14)27)20-25-18-19(16(22)11-24-21(18)26-20)28-12-13-5-8-23-9-6-13/h2-4,7,10-11,13,23H,5-6,8-9,12H2,1H3,(H,24,25,26). The quantitative estimate of drug-likeness (QED) is 0.544. The number of fused-ring (bicyclic) bond motifs is 2. The maximum absolute atomic E-state index is 6.42. The molecule has 4 heterocycles. The lowest BCUT2D eigenvalue weighted by atomic mass is 9.99. The number of piperidine rings is 1. The zero-order valence-electron chi connectivity index (χ0n) is 15.7. The summed E-state index contributed by atoms with van der Waals surface area (Å²) in [5.41, 5.74) is 3.57. The van der Waals surface area contributed by atoms with Crippen molar-refractivity contribution >= 4 is 33.7 Å². The Hall–Kier alpha value is -2.57. The van der Waals surface area contributed by atoms with Crippen LogP contribution >= 0.6 is 11.6 Å². The van der Waals surface area contributed by atoms with Crippen LogP contribution in [0.5, 0.6) is 5.75 Å². The SMILES string of the molecule is Cn1ccc2c(-c3nc4ncc(Cl)c(OCC5CCNCC5)c4[nH]3)cccc21. The van der Waals surface area contributed by atoms with Gasteiger partial charge in [-0.15, -0.1) is 0 Å². The fourth-order valence-electron chi connectivity index (χ4n) is 3.94. The number of halogens is 1. The van der Waals surface area contributed by atoms with Gasteiger partial charge in [0.15, 0.2) is 11.4 Å². The van der Waals surface area contributed by atoms with Crippen LogP contribution in [0.25, 0.3) is 33.5 Å². The maximum atomic E-state index is 6.42. The molecular weight excluding hydrogens is 374 g/mol. The molecule has 0 amide bonds. The summed E-state index contributed by atoms with van der Waals surface area (Å²) in [4.78, 5) is 12.5. The van der Waals surface area contributed by atoms with Crippen LogP contribution in [0.2, 0.25) is 5.02 Å². The van der Waals surface area contributed by atoms with Crippen molar-refractivity contribution in [1.82, 2.24) is 24.8 Å². The summed E-state index contributed by atoms with van der Waals surface area (Å²) in [6, 6.07) is 8.31. The maximum Gasteiger partial charge on any atom is 0.182 e. The average Bonchev–Trinajstić information content (AvgIpc) is 3.32. The lowest BCUT2D eigenvalue weighted by Gasteiger charge is -2.22. The van der Waals surface area contributed by atoms with Crippen LogP contribution in [0, 0.1) is 5.92 Å². The van der Waals surface area contributed by atoms with Gasteiger partial charge in [-0.1, -0.05) is 23.7 Å². The van der Waals surface area contributed by atoms with E-state index in [0.29, 0.717) is 28.9 Å². The Bertz CT molecular complexity index is 1140. The largest absolute Gasteiger partial charge is 0.489 e. The van der Waals surface area contributed by atoms with E-state index in [1.165, 1.54) is 0 Å². The van der Waals surface area contributed by atoms with E-state index in [1.54, 1.807) is 6.20 Å². The number of aromatic amines is 1. The Morgan fingerprint density at radius 2 is 2.11 bits per heavy atom. The van der Waals surface area contributed by atoms with Crippen molar-refractivity contribution in [2.45, 2.75) is 12.8 Å². The van der Waals surface area contributed by atoms with E-state index in [-0.39, 0.29) is 0 Å². The molecule has 0 atom stereocenters. The van der Waals surface area contributed by atoms with Gasteiger partial charge in [0.05, 0.1) is 12.8 Å². The van der Waals surface area contributed by atoms with Crippen molar-refractivity contribution in [3.63, 3.8) is 0 Å². The number of rotatable bonds is 4. The second kappa shape index (κ2) is 7.11. The first-order valence-corrected chi connectivity index (χ1v) is 10.0. The van der Waals surface area contributed by atoms with Crippen molar-refractivity contribution in [2.75, 3.05) is 19.7 Å². The molecule has 5 rings (SSSR count).